The van der Waals surface area contributed by atoms with Gasteiger partial charge in [-0.25, -0.2) is 0 Å². The quantitative estimate of drug-likeness (QED) is 0.561. The third kappa shape index (κ3) is 4.23. The van der Waals surface area contributed by atoms with Crippen molar-refractivity contribution < 1.29 is 0 Å². The Balaban J connectivity index is 2.44. The van der Waals surface area contributed by atoms with Gasteiger partial charge in [-0.3, -0.25) is 4.99 Å². The fourth-order valence-electron chi connectivity index (χ4n) is 2.35. The summed E-state index contributed by atoms with van der Waals surface area (Å²) in [5, 5.41) is 0. The molecule has 1 aliphatic carbocycles. The van der Waals surface area contributed by atoms with Crippen molar-refractivity contribution >= 4 is 5.84 Å². The van der Waals surface area contributed by atoms with Crippen LogP contribution in [0.15, 0.2) is 4.99 Å². The third-order valence-corrected chi connectivity index (χ3v) is 3.42. The van der Waals surface area contributed by atoms with Gasteiger partial charge in [-0.05, 0) is 24.7 Å². The minimum Gasteiger partial charge on any atom is -0.387 e. The molecule has 2 nitrogen and oxygen atoms in total. The Labute approximate surface area is 94.3 Å². The zero-order valence-corrected chi connectivity index (χ0v) is 10.5. The van der Waals surface area contributed by atoms with E-state index in [4.69, 9.17) is 5.73 Å². The van der Waals surface area contributed by atoms with E-state index in [-0.39, 0.29) is 0 Å². The molecule has 0 heterocycles. The molecule has 2 unspecified atom stereocenters. The molecule has 0 aromatic heterocycles. The van der Waals surface area contributed by atoms with Gasteiger partial charge in [0.15, 0.2) is 0 Å². The van der Waals surface area contributed by atoms with Crippen molar-refractivity contribution in [2.24, 2.45) is 28.5 Å². The van der Waals surface area contributed by atoms with E-state index in [2.05, 4.69) is 25.8 Å². The molecule has 0 aromatic carbocycles. The van der Waals surface area contributed by atoms with Gasteiger partial charge in [0.1, 0.15) is 0 Å². The Morgan fingerprint density at radius 3 is 2.73 bits per heavy atom. The molecular weight excluding hydrogens is 184 g/mol. The average Bonchev–Trinajstić information content (AvgIpc) is 2.26. The summed E-state index contributed by atoms with van der Waals surface area (Å²) in [6.07, 6.45) is 6.55. The Morgan fingerprint density at radius 1 is 1.40 bits per heavy atom. The van der Waals surface area contributed by atoms with Crippen LogP contribution < -0.4 is 5.73 Å². The zero-order chi connectivity index (χ0) is 11.3. The third-order valence-electron chi connectivity index (χ3n) is 3.42. The molecule has 1 rings (SSSR count). The molecule has 0 aliphatic heterocycles. The normalized spacial score (nSPS) is 28.4. The van der Waals surface area contributed by atoms with E-state index < -0.39 is 0 Å². The van der Waals surface area contributed by atoms with Gasteiger partial charge in [0.2, 0.25) is 0 Å². The van der Waals surface area contributed by atoms with Crippen LogP contribution in [0.3, 0.4) is 0 Å². The minimum absolute atomic E-state index is 0.572. The molecule has 1 fully saturated rings. The molecule has 0 spiro atoms. The SMILES string of the molecule is CCC1CCCC(C(N)=NCC(C)C)C1. The zero-order valence-electron chi connectivity index (χ0n) is 10.5. The van der Waals surface area contributed by atoms with E-state index in [0.717, 1.165) is 18.3 Å². The van der Waals surface area contributed by atoms with Crippen molar-refractivity contribution in [1.82, 2.24) is 0 Å². The molecule has 0 aromatic rings. The van der Waals surface area contributed by atoms with Gasteiger partial charge in [-0.2, -0.15) is 0 Å². The van der Waals surface area contributed by atoms with Crippen LogP contribution in [0.1, 0.15) is 52.9 Å². The smallest absolute Gasteiger partial charge is 0.0968 e. The molecule has 15 heavy (non-hydrogen) atoms. The molecule has 0 amide bonds. The van der Waals surface area contributed by atoms with E-state index >= 15 is 0 Å². The molecule has 0 bridgehead atoms. The molecule has 2 heteroatoms. The summed E-state index contributed by atoms with van der Waals surface area (Å²) in [4.78, 5) is 4.51. The summed E-state index contributed by atoms with van der Waals surface area (Å²) in [6.45, 7) is 7.55. The van der Waals surface area contributed by atoms with Crippen LogP contribution in [0.4, 0.5) is 0 Å². The summed E-state index contributed by atoms with van der Waals surface area (Å²) in [6, 6.07) is 0. The summed E-state index contributed by atoms with van der Waals surface area (Å²) in [5.74, 6) is 3.00. The maximum absolute atomic E-state index is 6.06. The number of hydrogen-bond donors (Lipinski definition) is 1. The highest BCUT2D eigenvalue weighted by Crippen LogP contribution is 2.30. The van der Waals surface area contributed by atoms with E-state index in [9.17, 15) is 0 Å². The number of nitrogens with zero attached hydrogens (tertiary/aromatic N) is 1. The van der Waals surface area contributed by atoms with Crippen LogP contribution in [0.25, 0.3) is 0 Å². The van der Waals surface area contributed by atoms with Crippen molar-refractivity contribution in [3.63, 3.8) is 0 Å². The average molecular weight is 210 g/mol. The van der Waals surface area contributed by atoms with Gasteiger partial charge in [0, 0.05) is 12.5 Å². The fraction of sp³-hybridized carbons (Fsp3) is 0.923. The maximum atomic E-state index is 6.06. The minimum atomic E-state index is 0.572. The molecule has 88 valence electrons. The Morgan fingerprint density at radius 2 is 2.13 bits per heavy atom. The molecule has 1 aliphatic rings. The lowest BCUT2D eigenvalue weighted by molar-refractivity contribution is 0.308. The first kappa shape index (κ1) is 12.5. The first-order chi connectivity index (χ1) is 7.13. The highest BCUT2D eigenvalue weighted by Gasteiger charge is 2.23. The largest absolute Gasteiger partial charge is 0.387 e. The lowest BCUT2D eigenvalue weighted by Gasteiger charge is -2.28. The number of rotatable bonds is 4. The van der Waals surface area contributed by atoms with Gasteiger partial charge < -0.3 is 5.73 Å². The summed E-state index contributed by atoms with van der Waals surface area (Å²) < 4.78 is 0. The first-order valence-corrected chi connectivity index (χ1v) is 6.43. The standard InChI is InChI=1S/C13H26N2/c1-4-11-6-5-7-12(8-11)13(14)15-9-10(2)3/h10-12H,4-9H2,1-3H3,(H2,14,15). The van der Waals surface area contributed by atoms with Crippen LogP contribution in [-0.4, -0.2) is 12.4 Å². The van der Waals surface area contributed by atoms with Gasteiger partial charge in [-0.15, -0.1) is 0 Å². The first-order valence-electron chi connectivity index (χ1n) is 6.43. The predicted molar refractivity (Wildman–Crippen MR) is 67.1 cm³/mol. The second kappa shape index (κ2) is 6.14. The fourth-order valence-corrected chi connectivity index (χ4v) is 2.35. The van der Waals surface area contributed by atoms with Crippen molar-refractivity contribution in [2.45, 2.75) is 52.9 Å². The topological polar surface area (TPSA) is 38.4 Å². The molecule has 0 saturated heterocycles. The van der Waals surface area contributed by atoms with Crippen molar-refractivity contribution in [3.05, 3.63) is 0 Å². The number of amidine groups is 1. The van der Waals surface area contributed by atoms with Crippen LogP contribution in [-0.2, 0) is 0 Å². The molecule has 1 saturated carbocycles. The maximum Gasteiger partial charge on any atom is 0.0968 e. The highest BCUT2D eigenvalue weighted by molar-refractivity contribution is 5.82. The second-order valence-electron chi connectivity index (χ2n) is 5.30. The molecule has 2 atom stereocenters. The number of hydrogen-bond acceptors (Lipinski definition) is 1. The second-order valence-corrected chi connectivity index (χ2v) is 5.30. The van der Waals surface area contributed by atoms with Crippen LogP contribution in [0.2, 0.25) is 0 Å². The predicted octanol–water partition coefficient (Wildman–Crippen LogP) is 3.22. The Bertz CT molecular complexity index is 209. The summed E-state index contributed by atoms with van der Waals surface area (Å²) >= 11 is 0. The van der Waals surface area contributed by atoms with Crippen molar-refractivity contribution in [1.29, 1.82) is 0 Å². The molecule has 2 N–H and O–H groups in total. The van der Waals surface area contributed by atoms with Gasteiger partial charge in [0.05, 0.1) is 5.84 Å². The molecule has 0 radical (unpaired) electrons. The number of nitrogens with two attached hydrogens (primary N) is 1. The summed E-state index contributed by atoms with van der Waals surface area (Å²) in [7, 11) is 0. The molecular formula is C13H26N2. The lowest BCUT2D eigenvalue weighted by Crippen LogP contribution is -2.29. The van der Waals surface area contributed by atoms with E-state index in [1.54, 1.807) is 0 Å². The Hall–Kier alpha value is -0.530. The summed E-state index contributed by atoms with van der Waals surface area (Å²) in [5.41, 5.74) is 6.06. The van der Waals surface area contributed by atoms with Gasteiger partial charge in [-0.1, -0.05) is 40.0 Å². The highest BCUT2D eigenvalue weighted by atomic mass is 14.9. The number of aliphatic imine (C=N–C) groups is 1. The van der Waals surface area contributed by atoms with Crippen molar-refractivity contribution in [2.75, 3.05) is 6.54 Å². The van der Waals surface area contributed by atoms with Gasteiger partial charge >= 0.3 is 0 Å². The van der Waals surface area contributed by atoms with Gasteiger partial charge in [0.25, 0.3) is 0 Å². The van der Waals surface area contributed by atoms with Crippen LogP contribution in [0, 0.1) is 17.8 Å². The van der Waals surface area contributed by atoms with E-state index in [1.807, 2.05) is 0 Å². The lowest BCUT2D eigenvalue weighted by atomic mass is 9.79. The van der Waals surface area contributed by atoms with E-state index in [0.29, 0.717) is 11.8 Å². The van der Waals surface area contributed by atoms with E-state index in [1.165, 1.54) is 32.1 Å². The Kier molecular flexibility index (Phi) is 5.13. The van der Waals surface area contributed by atoms with Crippen LogP contribution in [0.5, 0.6) is 0 Å². The van der Waals surface area contributed by atoms with Crippen LogP contribution >= 0.6 is 0 Å². The monoisotopic (exact) mass is 210 g/mol. The van der Waals surface area contributed by atoms with Crippen molar-refractivity contribution in [3.8, 4) is 0 Å².